The van der Waals surface area contributed by atoms with E-state index in [1.165, 1.54) is 11.1 Å². The Hall–Kier alpha value is -0.610. The fraction of sp³-hybridized carbons (Fsp3) is 0.647. The van der Waals surface area contributed by atoms with E-state index < -0.39 is 0 Å². The lowest BCUT2D eigenvalue weighted by atomic mass is 9.78. The fourth-order valence-electron chi connectivity index (χ4n) is 3.82. The molecule has 2 saturated heterocycles. The maximum atomic E-state index is 6.30. The summed E-state index contributed by atoms with van der Waals surface area (Å²) >= 11 is 6.30. The molecule has 4 heteroatoms. The molecule has 3 rings (SSSR count). The third kappa shape index (κ3) is 2.98. The molecule has 3 nitrogen and oxygen atoms in total. The summed E-state index contributed by atoms with van der Waals surface area (Å²) in [5.41, 5.74) is 2.44. The van der Waals surface area contributed by atoms with E-state index in [4.69, 9.17) is 21.1 Å². The molecule has 2 fully saturated rings. The molecule has 0 aliphatic carbocycles. The first-order chi connectivity index (χ1) is 10.2. The zero-order chi connectivity index (χ0) is 14.9. The van der Waals surface area contributed by atoms with Gasteiger partial charge in [0, 0.05) is 30.7 Å². The summed E-state index contributed by atoms with van der Waals surface area (Å²) in [5.74, 6) is 0.558. The summed E-state index contributed by atoms with van der Waals surface area (Å²) < 4.78 is 11.6. The van der Waals surface area contributed by atoms with Crippen molar-refractivity contribution in [1.29, 1.82) is 0 Å². The molecule has 1 aromatic carbocycles. The SMILES string of the molecule is CNC(c1cccc(Cl)c1C)C1CCOC2(CCOC2)C1. The highest BCUT2D eigenvalue weighted by molar-refractivity contribution is 6.31. The normalized spacial score (nSPS) is 30.7. The number of halogens is 1. The van der Waals surface area contributed by atoms with Gasteiger partial charge in [0.2, 0.25) is 0 Å². The quantitative estimate of drug-likeness (QED) is 0.927. The number of benzene rings is 1. The number of hydrogen-bond acceptors (Lipinski definition) is 3. The van der Waals surface area contributed by atoms with Crippen LogP contribution in [-0.4, -0.2) is 32.5 Å². The number of hydrogen-bond donors (Lipinski definition) is 1. The van der Waals surface area contributed by atoms with Crippen molar-refractivity contribution < 1.29 is 9.47 Å². The summed E-state index contributed by atoms with van der Waals surface area (Å²) in [6.45, 7) is 4.50. The van der Waals surface area contributed by atoms with E-state index in [0.717, 1.165) is 44.1 Å². The molecule has 0 radical (unpaired) electrons. The van der Waals surface area contributed by atoms with Crippen molar-refractivity contribution in [3.8, 4) is 0 Å². The van der Waals surface area contributed by atoms with E-state index in [0.29, 0.717) is 12.0 Å². The van der Waals surface area contributed by atoms with Crippen LogP contribution in [0.15, 0.2) is 18.2 Å². The minimum atomic E-state index is -0.0511. The molecule has 2 aliphatic heterocycles. The van der Waals surface area contributed by atoms with Crippen LogP contribution in [0.1, 0.15) is 36.4 Å². The number of ether oxygens (including phenoxy) is 2. The lowest BCUT2D eigenvalue weighted by Gasteiger charge is -2.40. The zero-order valence-corrected chi connectivity index (χ0v) is 13.6. The van der Waals surface area contributed by atoms with E-state index >= 15 is 0 Å². The van der Waals surface area contributed by atoms with Crippen LogP contribution in [0.25, 0.3) is 0 Å². The predicted molar refractivity (Wildman–Crippen MR) is 84.8 cm³/mol. The Morgan fingerprint density at radius 2 is 2.24 bits per heavy atom. The van der Waals surface area contributed by atoms with Crippen LogP contribution >= 0.6 is 11.6 Å². The molecule has 0 saturated carbocycles. The minimum absolute atomic E-state index is 0.0511. The Balaban J connectivity index is 1.84. The van der Waals surface area contributed by atoms with Gasteiger partial charge in [-0.1, -0.05) is 23.7 Å². The van der Waals surface area contributed by atoms with E-state index in [1.54, 1.807) is 0 Å². The van der Waals surface area contributed by atoms with Gasteiger partial charge in [-0.3, -0.25) is 0 Å². The van der Waals surface area contributed by atoms with Crippen molar-refractivity contribution in [3.05, 3.63) is 34.3 Å². The lowest BCUT2D eigenvalue weighted by Crippen LogP contribution is -2.43. The average Bonchev–Trinajstić information content (AvgIpc) is 2.92. The highest BCUT2D eigenvalue weighted by Crippen LogP contribution is 2.41. The Morgan fingerprint density at radius 3 is 2.95 bits per heavy atom. The van der Waals surface area contributed by atoms with Gasteiger partial charge in [-0.15, -0.1) is 0 Å². The summed E-state index contributed by atoms with van der Waals surface area (Å²) in [6, 6.07) is 6.52. The monoisotopic (exact) mass is 309 g/mol. The van der Waals surface area contributed by atoms with Gasteiger partial charge in [0.25, 0.3) is 0 Å². The maximum absolute atomic E-state index is 6.30. The predicted octanol–water partition coefficient (Wildman–Crippen LogP) is 3.49. The Kier molecular flexibility index (Phi) is 4.55. The van der Waals surface area contributed by atoms with Crippen molar-refractivity contribution in [2.24, 2.45) is 5.92 Å². The first kappa shape index (κ1) is 15.3. The van der Waals surface area contributed by atoms with Crippen LogP contribution in [0.4, 0.5) is 0 Å². The summed E-state index contributed by atoms with van der Waals surface area (Å²) in [4.78, 5) is 0. The smallest absolute Gasteiger partial charge is 0.0940 e. The van der Waals surface area contributed by atoms with Crippen LogP contribution in [0.2, 0.25) is 5.02 Å². The molecule has 0 bridgehead atoms. The average molecular weight is 310 g/mol. The maximum Gasteiger partial charge on any atom is 0.0940 e. The molecular weight excluding hydrogens is 286 g/mol. The van der Waals surface area contributed by atoms with E-state index in [2.05, 4.69) is 18.3 Å². The molecule has 2 aliphatic rings. The first-order valence-electron chi connectivity index (χ1n) is 7.79. The summed E-state index contributed by atoms with van der Waals surface area (Å²) in [7, 11) is 2.04. The van der Waals surface area contributed by atoms with Gasteiger partial charge in [0.15, 0.2) is 0 Å². The Labute approximate surface area is 132 Å². The van der Waals surface area contributed by atoms with Crippen molar-refractivity contribution in [3.63, 3.8) is 0 Å². The zero-order valence-electron chi connectivity index (χ0n) is 12.8. The summed E-state index contributed by atoms with van der Waals surface area (Å²) in [6.07, 6.45) is 3.16. The molecule has 3 atom stereocenters. The van der Waals surface area contributed by atoms with Crippen LogP contribution in [-0.2, 0) is 9.47 Å². The molecule has 1 aromatic rings. The van der Waals surface area contributed by atoms with Gasteiger partial charge in [0.05, 0.1) is 12.2 Å². The molecule has 2 heterocycles. The molecule has 0 amide bonds. The summed E-state index contributed by atoms with van der Waals surface area (Å²) in [5, 5.41) is 4.35. The Morgan fingerprint density at radius 1 is 1.38 bits per heavy atom. The van der Waals surface area contributed by atoms with Gasteiger partial charge in [-0.2, -0.15) is 0 Å². The van der Waals surface area contributed by atoms with Gasteiger partial charge >= 0.3 is 0 Å². The molecule has 3 unspecified atom stereocenters. The van der Waals surface area contributed by atoms with Crippen LogP contribution in [0, 0.1) is 12.8 Å². The Bertz CT molecular complexity index is 500. The van der Waals surface area contributed by atoms with E-state index in [-0.39, 0.29) is 5.60 Å². The van der Waals surface area contributed by atoms with Gasteiger partial charge < -0.3 is 14.8 Å². The van der Waals surface area contributed by atoms with E-state index in [1.807, 2.05) is 19.2 Å². The van der Waals surface area contributed by atoms with Crippen molar-refractivity contribution >= 4 is 11.6 Å². The second kappa shape index (κ2) is 6.25. The fourth-order valence-corrected chi connectivity index (χ4v) is 4.00. The molecule has 21 heavy (non-hydrogen) atoms. The van der Waals surface area contributed by atoms with Gasteiger partial charge in [0.1, 0.15) is 0 Å². The topological polar surface area (TPSA) is 30.5 Å². The molecular formula is C17H24ClNO2. The largest absolute Gasteiger partial charge is 0.378 e. The van der Waals surface area contributed by atoms with E-state index in [9.17, 15) is 0 Å². The lowest BCUT2D eigenvalue weighted by molar-refractivity contribution is -0.103. The second-order valence-corrected chi connectivity index (χ2v) is 6.71. The third-order valence-corrected chi connectivity index (χ3v) is 5.43. The highest BCUT2D eigenvalue weighted by atomic mass is 35.5. The van der Waals surface area contributed by atoms with Crippen LogP contribution in [0.5, 0.6) is 0 Å². The highest BCUT2D eigenvalue weighted by Gasteiger charge is 2.43. The second-order valence-electron chi connectivity index (χ2n) is 6.31. The van der Waals surface area contributed by atoms with Gasteiger partial charge in [-0.25, -0.2) is 0 Å². The van der Waals surface area contributed by atoms with Crippen molar-refractivity contribution in [2.45, 2.75) is 37.8 Å². The number of nitrogens with one attached hydrogen (secondary N) is 1. The molecule has 116 valence electrons. The molecule has 0 aromatic heterocycles. The minimum Gasteiger partial charge on any atom is -0.378 e. The van der Waals surface area contributed by atoms with Crippen molar-refractivity contribution in [1.82, 2.24) is 5.32 Å². The van der Waals surface area contributed by atoms with Crippen molar-refractivity contribution in [2.75, 3.05) is 26.9 Å². The van der Waals surface area contributed by atoms with Crippen LogP contribution in [0.3, 0.4) is 0 Å². The molecule has 1 spiro atoms. The van der Waals surface area contributed by atoms with Gasteiger partial charge in [-0.05, 0) is 49.9 Å². The molecule has 1 N–H and O–H groups in total. The number of rotatable bonds is 3. The third-order valence-electron chi connectivity index (χ3n) is 5.03. The van der Waals surface area contributed by atoms with Crippen LogP contribution < -0.4 is 5.32 Å². The first-order valence-corrected chi connectivity index (χ1v) is 8.17. The standard InChI is InChI=1S/C17H24ClNO2/c1-12-14(4-3-5-15(12)18)16(19-2)13-6-8-21-17(10-13)7-9-20-11-17/h3-5,13,16,19H,6-11H2,1-2H3.